The number of thiophene rings is 1. The second-order valence-electron chi connectivity index (χ2n) is 16.0. The minimum absolute atomic E-state index is 0. The minimum Gasteiger partial charge on any atom is -0.340 e. The first-order valence-electron chi connectivity index (χ1n) is 20.1. The van der Waals surface area contributed by atoms with Crippen LogP contribution in [0.5, 0.6) is 0 Å². The van der Waals surface area contributed by atoms with Crippen LogP contribution in [0.1, 0.15) is 25.0 Å². The Kier molecular flexibility index (Phi) is 8.58. The van der Waals surface area contributed by atoms with Gasteiger partial charge in [0.25, 0.3) is 0 Å². The predicted molar refractivity (Wildman–Crippen MR) is 249 cm³/mol. The molecule has 12 rings (SSSR count). The van der Waals surface area contributed by atoms with E-state index in [0.717, 1.165) is 49.5 Å². The van der Waals surface area contributed by atoms with Gasteiger partial charge in [-0.15, -0.1) is 45.7 Å². The van der Waals surface area contributed by atoms with Crippen LogP contribution in [0.15, 0.2) is 182 Å². The van der Waals surface area contributed by atoms with Crippen molar-refractivity contribution in [3.8, 4) is 0 Å². The number of imidazole rings is 1. The summed E-state index contributed by atoms with van der Waals surface area (Å²) in [5.74, 6) is 0.872. The Balaban J connectivity index is 0.00000408. The summed E-state index contributed by atoms with van der Waals surface area (Å²) in [6.07, 6.45) is 5.86. The Bertz CT molecular complexity index is 3400. The Morgan fingerprint density at radius 1 is 0.583 bits per heavy atom. The van der Waals surface area contributed by atoms with E-state index in [4.69, 9.17) is 9.97 Å². The van der Waals surface area contributed by atoms with Crippen molar-refractivity contribution in [3.05, 3.63) is 206 Å². The van der Waals surface area contributed by atoms with Crippen molar-refractivity contribution in [2.24, 2.45) is 0 Å². The number of fused-ring (bicyclic) bond motifs is 12. The number of aromatic nitrogens is 3. The average Bonchev–Trinajstić information content (AvgIpc) is 3.94. The molecule has 0 spiro atoms. The van der Waals surface area contributed by atoms with Gasteiger partial charge >= 0.3 is 21.1 Å². The number of hydrogen-bond acceptors (Lipinski definition) is 4. The molecule has 0 saturated heterocycles. The predicted octanol–water partition coefficient (Wildman–Crippen LogP) is 10.5. The van der Waals surface area contributed by atoms with Crippen molar-refractivity contribution in [1.29, 1.82) is 0 Å². The van der Waals surface area contributed by atoms with Gasteiger partial charge < -0.3 is 9.30 Å². The first-order valence-corrected chi connectivity index (χ1v) is 22.9. The molecule has 0 amide bonds. The average molecular weight is 984 g/mol. The smallest absolute Gasteiger partial charge is 0.340 e. The molecule has 0 N–H and O–H groups in total. The Morgan fingerprint density at radius 3 is 2.02 bits per heavy atom. The van der Waals surface area contributed by atoms with Crippen molar-refractivity contribution in [2.75, 3.05) is 4.90 Å². The summed E-state index contributed by atoms with van der Waals surface area (Å²) in [6.45, 7) is 4.77. The van der Waals surface area contributed by atoms with E-state index in [9.17, 15) is 0 Å². The van der Waals surface area contributed by atoms with Crippen molar-refractivity contribution < 1.29 is 21.1 Å². The number of nitrogens with zero attached hydrogens (tertiary/aromatic N) is 4. The SMILES string of the molecule is CC1(C)c2ccc([Si](c3[c-]c4c(cc3)c3ccccc3n3ccnc43)(c3ccccc3)c3ccccc3)[c-]c2N(c2ccccn2)c2ccc3c(sc4ccccc43)c21.[Pt+2]. The molecule has 7 heteroatoms. The van der Waals surface area contributed by atoms with Gasteiger partial charge in [-0.25, -0.2) is 4.98 Å². The molecular weight excluding hydrogens is 948 g/mol. The van der Waals surface area contributed by atoms with Gasteiger partial charge in [-0.05, 0) is 57.1 Å². The van der Waals surface area contributed by atoms with Crippen LogP contribution in [0.4, 0.5) is 17.2 Å². The number of hydrogen-bond donors (Lipinski definition) is 0. The number of pyridine rings is 2. The molecule has 4 aromatic heterocycles. The molecule has 0 bridgehead atoms. The van der Waals surface area contributed by atoms with E-state index >= 15 is 0 Å². The molecule has 60 heavy (non-hydrogen) atoms. The van der Waals surface area contributed by atoms with Crippen molar-refractivity contribution in [3.63, 3.8) is 0 Å². The number of anilines is 3. The normalized spacial score (nSPS) is 13.5. The summed E-state index contributed by atoms with van der Waals surface area (Å²) in [7, 11) is -3.14. The van der Waals surface area contributed by atoms with Gasteiger partial charge in [-0.2, -0.15) is 23.4 Å². The van der Waals surface area contributed by atoms with Crippen molar-refractivity contribution >= 4 is 105 Å². The largest absolute Gasteiger partial charge is 2.00 e. The van der Waals surface area contributed by atoms with E-state index in [2.05, 4.69) is 199 Å². The number of benzene rings is 7. The third kappa shape index (κ3) is 5.18. The summed E-state index contributed by atoms with van der Waals surface area (Å²) < 4.78 is 4.83. The standard InChI is InChI=1S/C53H36N4SSi.Pt/c1-53(2)44-28-25-38(34-47(44)57(49-23-13-14-30-54-49)46-29-27-42-41-20-10-12-22-48(41)58-51(42)50(46)53)59(35-15-5-3-6-16-35,36-17-7-4-8-18-36)37-24-26-39-40-19-9-11-21-45(40)56-32-31-55-52(56)43(39)33-37;/h3-32H,1-2H3;/q-2;+2. The summed E-state index contributed by atoms with van der Waals surface area (Å²) >= 11 is 1.89. The summed E-state index contributed by atoms with van der Waals surface area (Å²) in [5.41, 5.74) is 6.43. The summed E-state index contributed by atoms with van der Waals surface area (Å²) in [6, 6.07) is 68.1. The topological polar surface area (TPSA) is 33.4 Å². The number of rotatable bonds is 5. The van der Waals surface area contributed by atoms with E-state index in [0.29, 0.717) is 0 Å². The maximum absolute atomic E-state index is 5.03. The fourth-order valence-electron chi connectivity index (χ4n) is 9.95. The fraction of sp³-hybridized carbons (Fsp3) is 0.0566. The molecule has 5 heterocycles. The molecule has 288 valence electrons. The van der Waals surface area contributed by atoms with Gasteiger partial charge in [0.1, 0.15) is 13.9 Å². The maximum Gasteiger partial charge on any atom is 2.00 e. The molecule has 0 unspecified atom stereocenters. The second kappa shape index (κ2) is 14.0. The minimum atomic E-state index is -3.14. The third-order valence-electron chi connectivity index (χ3n) is 12.6. The summed E-state index contributed by atoms with van der Waals surface area (Å²) in [5, 5.41) is 10.8. The van der Waals surface area contributed by atoms with Crippen LogP contribution in [-0.4, -0.2) is 22.4 Å². The molecule has 11 aromatic rings. The maximum atomic E-state index is 5.03. The van der Waals surface area contributed by atoms with Crippen LogP contribution in [0, 0.1) is 12.1 Å². The van der Waals surface area contributed by atoms with Crippen LogP contribution >= 0.6 is 11.3 Å². The first-order chi connectivity index (χ1) is 29.0. The molecule has 0 atom stereocenters. The van der Waals surface area contributed by atoms with E-state index in [1.54, 1.807) is 0 Å². The zero-order chi connectivity index (χ0) is 39.3. The van der Waals surface area contributed by atoms with Crippen LogP contribution in [-0.2, 0) is 26.5 Å². The van der Waals surface area contributed by atoms with Gasteiger partial charge in [0.05, 0.1) is 5.65 Å². The van der Waals surface area contributed by atoms with Crippen LogP contribution in [0.25, 0.3) is 47.5 Å². The van der Waals surface area contributed by atoms with E-state index in [1.807, 2.05) is 29.8 Å². The van der Waals surface area contributed by atoms with Crippen LogP contribution < -0.4 is 25.6 Å². The van der Waals surface area contributed by atoms with Gasteiger partial charge in [-0.3, -0.25) is 4.98 Å². The molecule has 0 fully saturated rings. The molecule has 0 radical (unpaired) electrons. The van der Waals surface area contributed by atoms with E-state index in [1.165, 1.54) is 47.1 Å². The van der Waals surface area contributed by atoms with Gasteiger partial charge in [0, 0.05) is 50.0 Å². The molecule has 0 saturated carbocycles. The second-order valence-corrected chi connectivity index (χ2v) is 20.8. The van der Waals surface area contributed by atoms with Gasteiger partial charge in [0.15, 0.2) is 0 Å². The Labute approximate surface area is 367 Å². The molecular formula is C53H36N4PtSSi. The molecule has 4 nitrogen and oxygen atoms in total. The van der Waals surface area contributed by atoms with E-state index in [-0.39, 0.29) is 26.5 Å². The van der Waals surface area contributed by atoms with Crippen molar-refractivity contribution in [2.45, 2.75) is 19.3 Å². The van der Waals surface area contributed by atoms with Crippen LogP contribution in [0.3, 0.4) is 0 Å². The van der Waals surface area contributed by atoms with E-state index < -0.39 is 8.07 Å². The summed E-state index contributed by atoms with van der Waals surface area (Å²) in [4.78, 5) is 12.3. The molecule has 1 aliphatic rings. The van der Waals surface area contributed by atoms with Crippen LogP contribution in [0.2, 0.25) is 0 Å². The third-order valence-corrected chi connectivity index (χ3v) is 18.4. The fourth-order valence-corrected chi connectivity index (χ4v) is 15.9. The molecule has 7 aromatic carbocycles. The molecule has 1 aliphatic heterocycles. The Morgan fingerprint density at radius 2 is 1.25 bits per heavy atom. The number of para-hydroxylation sites is 1. The zero-order valence-electron chi connectivity index (χ0n) is 32.8. The monoisotopic (exact) mass is 983 g/mol. The van der Waals surface area contributed by atoms with Gasteiger partial charge in [-0.1, -0.05) is 134 Å². The Hall–Kier alpha value is -6.17. The quantitative estimate of drug-likeness (QED) is 0.0746. The van der Waals surface area contributed by atoms with Gasteiger partial charge in [0.2, 0.25) is 0 Å². The first kappa shape index (κ1) is 36.9. The zero-order valence-corrected chi connectivity index (χ0v) is 36.9. The molecule has 0 aliphatic carbocycles. The van der Waals surface area contributed by atoms with Crippen molar-refractivity contribution in [1.82, 2.24) is 14.4 Å².